The number of benzene rings is 1. The first-order valence-corrected chi connectivity index (χ1v) is 9.16. The third-order valence-corrected chi connectivity index (χ3v) is 4.69. The van der Waals surface area contributed by atoms with E-state index in [0.717, 1.165) is 31.2 Å². The van der Waals surface area contributed by atoms with Crippen LogP contribution in [-0.2, 0) is 15.4 Å². The molecular weight excluding hydrogens is 314 g/mol. The van der Waals surface area contributed by atoms with Crippen LogP contribution < -0.4 is 5.32 Å². The highest BCUT2D eigenvalue weighted by molar-refractivity contribution is 7.72. The average molecular weight is 339 g/mol. The first-order valence-electron chi connectivity index (χ1n) is 7.98. The zero-order valence-corrected chi connectivity index (χ0v) is 14.8. The molecule has 1 amide bonds. The topological polar surface area (TPSA) is 72.5 Å². The SMILES string of the molecule is CC(C)(C)OC(=O)NC1CCCC(c2ccc([SH](=O)=O)cc2)C1. The molecule has 1 aliphatic rings. The van der Waals surface area contributed by atoms with Crippen LogP contribution in [0.15, 0.2) is 29.2 Å². The van der Waals surface area contributed by atoms with E-state index in [1.807, 2.05) is 32.9 Å². The monoisotopic (exact) mass is 339 g/mol. The van der Waals surface area contributed by atoms with Crippen molar-refractivity contribution in [2.45, 2.75) is 68.9 Å². The minimum absolute atomic E-state index is 0.0967. The molecule has 1 aliphatic carbocycles. The Balaban J connectivity index is 1.96. The van der Waals surface area contributed by atoms with Gasteiger partial charge in [-0.25, -0.2) is 13.2 Å². The van der Waals surface area contributed by atoms with E-state index >= 15 is 0 Å². The zero-order valence-electron chi connectivity index (χ0n) is 13.9. The highest BCUT2D eigenvalue weighted by atomic mass is 32.2. The van der Waals surface area contributed by atoms with Crippen LogP contribution in [0.2, 0.25) is 0 Å². The fraction of sp³-hybridized carbons (Fsp3) is 0.588. The van der Waals surface area contributed by atoms with E-state index in [1.165, 1.54) is 0 Å². The summed E-state index contributed by atoms with van der Waals surface area (Å²) < 4.78 is 27.2. The van der Waals surface area contributed by atoms with Crippen molar-refractivity contribution in [3.8, 4) is 0 Å². The fourth-order valence-corrected chi connectivity index (χ4v) is 3.36. The van der Waals surface area contributed by atoms with Crippen LogP contribution in [0.3, 0.4) is 0 Å². The number of nitrogens with one attached hydrogen (secondary N) is 1. The van der Waals surface area contributed by atoms with Crippen molar-refractivity contribution in [3.63, 3.8) is 0 Å². The van der Waals surface area contributed by atoms with Crippen LogP contribution >= 0.6 is 0 Å². The summed E-state index contributed by atoms with van der Waals surface area (Å²) in [6, 6.07) is 7.14. The quantitative estimate of drug-likeness (QED) is 0.830. The molecule has 0 bridgehead atoms. The van der Waals surface area contributed by atoms with Gasteiger partial charge in [-0.05, 0) is 63.6 Å². The number of alkyl carbamates (subject to hydrolysis) is 1. The summed E-state index contributed by atoms with van der Waals surface area (Å²) in [4.78, 5) is 12.2. The lowest BCUT2D eigenvalue weighted by Crippen LogP contribution is -2.41. The van der Waals surface area contributed by atoms with E-state index in [0.29, 0.717) is 10.8 Å². The molecule has 5 nitrogen and oxygen atoms in total. The molecule has 0 heterocycles. The van der Waals surface area contributed by atoms with Crippen molar-refractivity contribution in [2.24, 2.45) is 0 Å². The van der Waals surface area contributed by atoms with Crippen LogP contribution in [0.1, 0.15) is 57.9 Å². The molecule has 128 valence electrons. The van der Waals surface area contributed by atoms with Crippen LogP contribution in [0.5, 0.6) is 0 Å². The maximum Gasteiger partial charge on any atom is 0.407 e. The van der Waals surface area contributed by atoms with Gasteiger partial charge in [0.05, 0.1) is 4.90 Å². The lowest BCUT2D eigenvalue weighted by molar-refractivity contribution is 0.0490. The number of rotatable bonds is 3. The van der Waals surface area contributed by atoms with Crippen LogP contribution in [0.4, 0.5) is 4.79 Å². The van der Waals surface area contributed by atoms with Gasteiger partial charge >= 0.3 is 6.09 Å². The van der Waals surface area contributed by atoms with Gasteiger partial charge in [-0.3, -0.25) is 0 Å². The third-order valence-electron chi connectivity index (χ3n) is 3.97. The first-order chi connectivity index (χ1) is 10.7. The molecule has 2 rings (SSSR count). The molecule has 0 saturated heterocycles. The summed E-state index contributed by atoms with van der Waals surface area (Å²) in [7, 11) is -2.53. The largest absolute Gasteiger partial charge is 0.444 e. The molecule has 2 atom stereocenters. The summed E-state index contributed by atoms with van der Waals surface area (Å²) >= 11 is 0. The molecule has 1 aromatic rings. The maximum absolute atomic E-state index is 11.9. The van der Waals surface area contributed by atoms with E-state index < -0.39 is 16.3 Å². The number of carbonyl (C=O) groups is 1. The normalized spacial score (nSPS) is 21.9. The predicted octanol–water partition coefficient (Wildman–Crippen LogP) is 3.21. The number of hydrogen-bond donors (Lipinski definition) is 2. The Morgan fingerprint density at radius 1 is 1.17 bits per heavy atom. The Hall–Kier alpha value is -1.56. The van der Waals surface area contributed by atoms with E-state index in [9.17, 15) is 13.2 Å². The molecule has 0 aromatic heterocycles. The Labute approximate surface area is 139 Å². The van der Waals surface area contributed by atoms with E-state index in [-0.39, 0.29) is 12.1 Å². The summed E-state index contributed by atoms with van der Waals surface area (Å²) in [6.07, 6.45) is 3.50. The lowest BCUT2D eigenvalue weighted by atomic mass is 9.81. The Kier molecular flexibility index (Phi) is 5.68. The Morgan fingerprint density at radius 2 is 1.83 bits per heavy atom. The van der Waals surface area contributed by atoms with Crippen molar-refractivity contribution < 1.29 is 17.9 Å². The van der Waals surface area contributed by atoms with Crippen LogP contribution in [0.25, 0.3) is 0 Å². The maximum atomic E-state index is 11.9. The predicted molar refractivity (Wildman–Crippen MR) is 89.4 cm³/mol. The van der Waals surface area contributed by atoms with Gasteiger partial charge in [-0.2, -0.15) is 0 Å². The van der Waals surface area contributed by atoms with Crippen molar-refractivity contribution in [1.29, 1.82) is 0 Å². The number of hydrogen-bond acceptors (Lipinski definition) is 4. The molecule has 0 aliphatic heterocycles. The van der Waals surface area contributed by atoms with Gasteiger partial charge in [-0.1, -0.05) is 18.6 Å². The van der Waals surface area contributed by atoms with Crippen molar-refractivity contribution in [3.05, 3.63) is 29.8 Å². The molecule has 2 unspecified atom stereocenters. The van der Waals surface area contributed by atoms with Crippen LogP contribution in [-0.4, -0.2) is 26.2 Å². The highest BCUT2D eigenvalue weighted by Crippen LogP contribution is 2.33. The second-order valence-electron chi connectivity index (χ2n) is 7.06. The van der Waals surface area contributed by atoms with Crippen molar-refractivity contribution in [2.75, 3.05) is 0 Å². The lowest BCUT2D eigenvalue weighted by Gasteiger charge is -2.31. The van der Waals surface area contributed by atoms with E-state index in [2.05, 4.69) is 5.32 Å². The number of ether oxygens (including phenoxy) is 1. The molecule has 1 N–H and O–H groups in total. The molecule has 1 aromatic carbocycles. The van der Waals surface area contributed by atoms with Gasteiger partial charge < -0.3 is 10.1 Å². The Bertz CT molecular complexity index is 608. The molecule has 1 fully saturated rings. The molecule has 0 radical (unpaired) electrons. The first kappa shape index (κ1) is 17.8. The third kappa shape index (κ3) is 5.53. The van der Waals surface area contributed by atoms with Gasteiger partial charge in [0.2, 0.25) is 0 Å². The molecule has 0 spiro atoms. The van der Waals surface area contributed by atoms with Gasteiger partial charge in [0.25, 0.3) is 0 Å². The van der Waals surface area contributed by atoms with Crippen LogP contribution in [0, 0.1) is 0 Å². The zero-order chi connectivity index (χ0) is 17.0. The molecule has 23 heavy (non-hydrogen) atoms. The minimum Gasteiger partial charge on any atom is -0.444 e. The summed E-state index contributed by atoms with van der Waals surface area (Å²) in [6.45, 7) is 5.54. The van der Waals surface area contributed by atoms with E-state index in [4.69, 9.17) is 4.74 Å². The summed E-state index contributed by atoms with van der Waals surface area (Å²) in [5, 5.41) is 2.95. The standard InChI is InChI=1S/C17H25NO4S/c1-17(2,3)22-16(19)18-14-6-4-5-13(11-14)12-7-9-15(10-8-12)23(20)21/h7-10,13-14,23H,4-6,11H2,1-3H3,(H,18,19). The minimum atomic E-state index is -2.53. The number of amides is 1. The molecule has 1 saturated carbocycles. The summed E-state index contributed by atoms with van der Waals surface area (Å²) in [5.74, 6) is 0.335. The van der Waals surface area contributed by atoms with Crippen molar-refractivity contribution in [1.82, 2.24) is 5.32 Å². The number of thiol groups is 1. The summed E-state index contributed by atoms with van der Waals surface area (Å²) in [5.41, 5.74) is 0.629. The second-order valence-corrected chi connectivity index (χ2v) is 8.09. The van der Waals surface area contributed by atoms with E-state index in [1.54, 1.807) is 12.1 Å². The molecular formula is C17H25NO4S. The van der Waals surface area contributed by atoms with Gasteiger partial charge in [0, 0.05) is 6.04 Å². The smallest absolute Gasteiger partial charge is 0.407 e. The van der Waals surface area contributed by atoms with Gasteiger partial charge in [0.1, 0.15) is 5.60 Å². The number of carbonyl (C=O) groups excluding carboxylic acids is 1. The second kappa shape index (κ2) is 7.34. The Morgan fingerprint density at radius 3 is 2.39 bits per heavy atom. The highest BCUT2D eigenvalue weighted by Gasteiger charge is 2.26. The van der Waals surface area contributed by atoms with Crippen molar-refractivity contribution >= 4 is 16.8 Å². The fourth-order valence-electron chi connectivity index (χ4n) is 2.97. The van der Waals surface area contributed by atoms with Gasteiger partial charge in [-0.15, -0.1) is 0 Å². The van der Waals surface area contributed by atoms with Gasteiger partial charge in [0.15, 0.2) is 10.7 Å². The molecule has 6 heteroatoms. The average Bonchev–Trinajstić information content (AvgIpc) is 2.45.